The molecular weight excluding hydrogens is 232 g/mol. The Balaban J connectivity index is 1.98. The maximum atomic E-state index is 11.8. The Morgan fingerprint density at radius 3 is 2.83 bits per heavy atom. The minimum atomic E-state index is -0.329. The quantitative estimate of drug-likeness (QED) is 0.811. The minimum Gasteiger partial charge on any atom is -0.481 e. The Bertz CT molecular complexity index is 446. The van der Waals surface area contributed by atoms with E-state index in [2.05, 4.69) is 20.6 Å². The summed E-state index contributed by atoms with van der Waals surface area (Å²) in [5, 5.41) is 5.99. The van der Waals surface area contributed by atoms with Crippen LogP contribution in [0.25, 0.3) is 0 Å². The zero-order valence-electron chi connectivity index (χ0n) is 10.9. The molecule has 1 unspecified atom stereocenters. The van der Waals surface area contributed by atoms with Gasteiger partial charge in [-0.15, -0.1) is 0 Å². The molecule has 1 aliphatic carbocycles. The van der Waals surface area contributed by atoms with E-state index < -0.39 is 0 Å². The predicted molar refractivity (Wildman–Crippen MR) is 67.6 cm³/mol. The lowest BCUT2D eigenvalue weighted by Gasteiger charge is -2.15. The van der Waals surface area contributed by atoms with Crippen molar-refractivity contribution < 1.29 is 9.53 Å². The Hall–Kier alpha value is -1.85. The number of methoxy groups -OCH3 is 1. The van der Waals surface area contributed by atoms with Gasteiger partial charge < -0.3 is 15.4 Å². The van der Waals surface area contributed by atoms with Gasteiger partial charge in [0.05, 0.1) is 7.11 Å². The molecule has 1 heterocycles. The number of aromatic nitrogens is 2. The van der Waals surface area contributed by atoms with Crippen molar-refractivity contribution >= 4 is 11.7 Å². The highest BCUT2D eigenvalue weighted by Gasteiger charge is 2.25. The lowest BCUT2D eigenvalue weighted by Crippen LogP contribution is -2.38. The van der Waals surface area contributed by atoms with Crippen molar-refractivity contribution in [2.75, 3.05) is 12.4 Å². The number of hydrogen-bond donors (Lipinski definition) is 2. The van der Waals surface area contributed by atoms with Gasteiger partial charge in [-0.25, -0.2) is 4.98 Å². The van der Waals surface area contributed by atoms with Crippen LogP contribution in [-0.4, -0.2) is 35.1 Å². The molecule has 1 atom stereocenters. The smallest absolute Gasteiger partial charge is 0.242 e. The number of nitrogens with one attached hydrogen (secondary N) is 2. The number of ether oxygens (including phenoxy) is 1. The Labute approximate surface area is 106 Å². The van der Waals surface area contributed by atoms with Crippen LogP contribution in [0.4, 0.5) is 5.82 Å². The molecule has 0 aliphatic heterocycles. The van der Waals surface area contributed by atoms with Crippen molar-refractivity contribution in [1.29, 1.82) is 0 Å². The van der Waals surface area contributed by atoms with Gasteiger partial charge in [-0.05, 0) is 26.7 Å². The van der Waals surface area contributed by atoms with Crippen molar-refractivity contribution in [3.05, 3.63) is 11.9 Å². The molecule has 18 heavy (non-hydrogen) atoms. The van der Waals surface area contributed by atoms with Crippen LogP contribution in [0.5, 0.6) is 5.88 Å². The van der Waals surface area contributed by atoms with Gasteiger partial charge in [0, 0.05) is 12.1 Å². The average Bonchev–Trinajstić information content (AvgIpc) is 3.11. The second-order valence-corrected chi connectivity index (χ2v) is 4.49. The van der Waals surface area contributed by atoms with Gasteiger partial charge >= 0.3 is 0 Å². The van der Waals surface area contributed by atoms with E-state index >= 15 is 0 Å². The summed E-state index contributed by atoms with van der Waals surface area (Å²) in [6.07, 6.45) is 2.16. The summed E-state index contributed by atoms with van der Waals surface area (Å²) >= 11 is 0. The molecular formula is C12H18N4O2. The van der Waals surface area contributed by atoms with Crippen LogP contribution < -0.4 is 15.4 Å². The summed E-state index contributed by atoms with van der Waals surface area (Å²) in [5.41, 5.74) is 0. The van der Waals surface area contributed by atoms with Crippen LogP contribution in [0.3, 0.4) is 0 Å². The van der Waals surface area contributed by atoms with Gasteiger partial charge in [-0.3, -0.25) is 4.79 Å². The van der Waals surface area contributed by atoms with Gasteiger partial charge in [-0.1, -0.05) is 0 Å². The highest BCUT2D eigenvalue weighted by Crippen LogP contribution is 2.19. The van der Waals surface area contributed by atoms with Gasteiger partial charge in [-0.2, -0.15) is 4.98 Å². The van der Waals surface area contributed by atoms with E-state index in [4.69, 9.17) is 4.74 Å². The van der Waals surface area contributed by atoms with Crippen molar-refractivity contribution in [2.24, 2.45) is 0 Å². The first-order valence-corrected chi connectivity index (χ1v) is 6.05. The number of hydrogen-bond acceptors (Lipinski definition) is 5. The number of carbonyl (C=O) groups is 1. The highest BCUT2D eigenvalue weighted by atomic mass is 16.5. The first-order chi connectivity index (χ1) is 8.58. The third kappa shape index (κ3) is 3.32. The van der Waals surface area contributed by atoms with E-state index in [9.17, 15) is 4.79 Å². The molecule has 1 fully saturated rings. The van der Waals surface area contributed by atoms with E-state index in [-0.39, 0.29) is 11.9 Å². The summed E-state index contributed by atoms with van der Waals surface area (Å²) in [7, 11) is 1.55. The third-order valence-electron chi connectivity index (χ3n) is 2.70. The van der Waals surface area contributed by atoms with Crippen molar-refractivity contribution in [3.63, 3.8) is 0 Å². The fourth-order valence-corrected chi connectivity index (χ4v) is 1.56. The molecule has 1 amide bonds. The van der Waals surface area contributed by atoms with Crippen molar-refractivity contribution in [2.45, 2.75) is 38.8 Å². The van der Waals surface area contributed by atoms with E-state index in [1.165, 1.54) is 0 Å². The average molecular weight is 250 g/mol. The van der Waals surface area contributed by atoms with E-state index in [1.807, 2.05) is 6.92 Å². The standard InChI is InChI=1S/C12H18N4O2/c1-7(12(17)16-9-4-5-9)13-10-6-11(18-3)15-8(2)14-10/h6-7,9H,4-5H2,1-3H3,(H,16,17)(H,13,14,15). The lowest BCUT2D eigenvalue weighted by molar-refractivity contribution is -0.121. The molecule has 1 aromatic rings. The normalized spacial score (nSPS) is 15.9. The van der Waals surface area contributed by atoms with Crippen LogP contribution in [-0.2, 0) is 4.79 Å². The summed E-state index contributed by atoms with van der Waals surface area (Å²) in [6.45, 7) is 3.59. The van der Waals surface area contributed by atoms with Crippen molar-refractivity contribution in [3.8, 4) is 5.88 Å². The topological polar surface area (TPSA) is 76.1 Å². The molecule has 2 rings (SSSR count). The maximum Gasteiger partial charge on any atom is 0.242 e. The van der Waals surface area contributed by atoms with E-state index in [1.54, 1.807) is 20.1 Å². The van der Waals surface area contributed by atoms with Gasteiger partial charge in [0.15, 0.2) is 0 Å². The molecule has 6 nitrogen and oxygen atoms in total. The number of rotatable bonds is 5. The monoisotopic (exact) mass is 250 g/mol. The Morgan fingerprint density at radius 1 is 1.50 bits per heavy atom. The van der Waals surface area contributed by atoms with Gasteiger partial charge in [0.1, 0.15) is 17.7 Å². The molecule has 1 aromatic heterocycles. The summed E-state index contributed by atoms with van der Waals surface area (Å²) in [4.78, 5) is 20.1. The molecule has 0 bridgehead atoms. The number of carbonyl (C=O) groups excluding carboxylic acids is 1. The molecule has 2 N–H and O–H groups in total. The highest BCUT2D eigenvalue weighted by molar-refractivity contribution is 5.84. The van der Waals surface area contributed by atoms with Crippen LogP contribution in [0.1, 0.15) is 25.6 Å². The molecule has 1 aliphatic rings. The van der Waals surface area contributed by atoms with E-state index in [0.29, 0.717) is 23.6 Å². The van der Waals surface area contributed by atoms with Gasteiger partial charge in [0.25, 0.3) is 0 Å². The summed E-state index contributed by atoms with van der Waals surface area (Å²) in [6, 6.07) is 1.71. The summed E-state index contributed by atoms with van der Waals surface area (Å²) < 4.78 is 5.06. The molecule has 98 valence electrons. The zero-order chi connectivity index (χ0) is 13.1. The molecule has 0 saturated heterocycles. The largest absolute Gasteiger partial charge is 0.481 e. The minimum absolute atomic E-state index is 0.00673. The van der Waals surface area contributed by atoms with Crippen molar-refractivity contribution in [1.82, 2.24) is 15.3 Å². The van der Waals surface area contributed by atoms with Crippen LogP contribution >= 0.6 is 0 Å². The molecule has 0 aromatic carbocycles. The lowest BCUT2D eigenvalue weighted by atomic mass is 10.3. The van der Waals surface area contributed by atoms with Crippen LogP contribution in [0.15, 0.2) is 6.07 Å². The fraction of sp³-hybridized carbons (Fsp3) is 0.583. The second kappa shape index (κ2) is 5.20. The molecule has 1 saturated carbocycles. The molecule has 6 heteroatoms. The van der Waals surface area contributed by atoms with E-state index in [0.717, 1.165) is 12.8 Å². The molecule has 0 spiro atoms. The van der Waals surface area contributed by atoms with Crippen LogP contribution in [0.2, 0.25) is 0 Å². The predicted octanol–water partition coefficient (Wildman–Crippen LogP) is 0.873. The zero-order valence-corrected chi connectivity index (χ0v) is 10.9. The van der Waals surface area contributed by atoms with Crippen LogP contribution in [0, 0.1) is 6.92 Å². The third-order valence-corrected chi connectivity index (χ3v) is 2.70. The Kier molecular flexibility index (Phi) is 3.64. The number of aryl methyl sites for hydroxylation is 1. The maximum absolute atomic E-state index is 11.8. The number of nitrogens with zero attached hydrogens (tertiary/aromatic N) is 2. The fourth-order valence-electron chi connectivity index (χ4n) is 1.56. The first-order valence-electron chi connectivity index (χ1n) is 6.05. The summed E-state index contributed by atoms with van der Waals surface area (Å²) in [5.74, 6) is 1.68. The number of anilines is 1. The molecule has 0 radical (unpaired) electrons. The number of amides is 1. The Morgan fingerprint density at radius 2 is 2.22 bits per heavy atom. The SMILES string of the molecule is COc1cc(NC(C)C(=O)NC2CC2)nc(C)n1. The van der Waals surface area contributed by atoms with Gasteiger partial charge in [0.2, 0.25) is 11.8 Å². The first kappa shape index (κ1) is 12.6. The second-order valence-electron chi connectivity index (χ2n) is 4.49.